The number of piperazine rings is 1. The van der Waals surface area contributed by atoms with Crippen molar-refractivity contribution in [3.05, 3.63) is 75.3 Å². The first-order valence-corrected chi connectivity index (χ1v) is 11.6. The first-order valence-electron chi connectivity index (χ1n) is 9.94. The molecule has 0 bridgehead atoms. The summed E-state index contributed by atoms with van der Waals surface area (Å²) in [5, 5.41) is 15.3. The Morgan fingerprint density at radius 1 is 1.00 bits per heavy atom. The Kier molecular flexibility index (Phi) is 5.22. The van der Waals surface area contributed by atoms with Crippen LogP contribution in [0.15, 0.2) is 59.1 Å². The Hall–Kier alpha value is -2.42. The number of hydrogen-bond donors (Lipinski definition) is 1. The molecular formula is C22H22BrN5OS. The second-order valence-electron chi connectivity index (χ2n) is 7.46. The van der Waals surface area contributed by atoms with Gasteiger partial charge in [-0.15, -0.1) is 5.10 Å². The molecule has 2 aromatic heterocycles. The summed E-state index contributed by atoms with van der Waals surface area (Å²) in [6.07, 6.45) is 0. The molecule has 1 aliphatic rings. The first kappa shape index (κ1) is 19.5. The molecule has 30 heavy (non-hydrogen) atoms. The Bertz CT molecular complexity index is 1150. The van der Waals surface area contributed by atoms with E-state index in [0.29, 0.717) is 5.82 Å². The number of rotatable bonds is 4. The third-order valence-electron chi connectivity index (χ3n) is 5.54. The van der Waals surface area contributed by atoms with Crippen LogP contribution in [-0.4, -0.2) is 50.8 Å². The molecule has 0 saturated carbocycles. The summed E-state index contributed by atoms with van der Waals surface area (Å²) in [5.41, 5.74) is 2.41. The molecule has 8 heteroatoms. The number of para-hydroxylation sites is 1. The lowest BCUT2D eigenvalue weighted by atomic mass is 10.0. The molecule has 1 fully saturated rings. The van der Waals surface area contributed by atoms with Crippen molar-refractivity contribution < 1.29 is 5.11 Å². The molecule has 1 N–H and O–H groups in total. The third-order valence-corrected chi connectivity index (χ3v) is 7.14. The fourth-order valence-electron chi connectivity index (χ4n) is 4.08. The second-order valence-corrected chi connectivity index (χ2v) is 9.38. The minimum Gasteiger partial charge on any atom is -0.492 e. The van der Waals surface area contributed by atoms with Crippen LogP contribution >= 0.6 is 27.3 Å². The van der Waals surface area contributed by atoms with Gasteiger partial charge in [0.1, 0.15) is 5.82 Å². The molecule has 5 rings (SSSR count). The van der Waals surface area contributed by atoms with Crippen LogP contribution in [0.3, 0.4) is 0 Å². The highest BCUT2D eigenvalue weighted by Gasteiger charge is 2.31. The number of thiazole rings is 1. The third kappa shape index (κ3) is 3.59. The maximum Gasteiger partial charge on any atom is 0.230 e. The molecule has 2 aromatic carbocycles. The summed E-state index contributed by atoms with van der Waals surface area (Å²) in [5.74, 6) is 0.855. The summed E-state index contributed by atoms with van der Waals surface area (Å²) in [7, 11) is 0. The zero-order valence-electron chi connectivity index (χ0n) is 16.6. The lowest BCUT2D eigenvalue weighted by molar-refractivity contribution is 0.211. The van der Waals surface area contributed by atoms with Crippen molar-refractivity contribution in [2.45, 2.75) is 13.0 Å². The molecule has 0 amide bonds. The number of aryl methyl sites for hydroxylation is 1. The Balaban J connectivity index is 1.48. The summed E-state index contributed by atoms with van der Waals surface area (Å²) in [4.78, 5) is 10.9. The minimum atomic E-state index is -0.0372. The van der Waals surface area contributed by atoms with E-state index in [0.717, 1.165) is 46.1 Å². The van der Waals surface area contributed by atoms with E-state index in [1.807, 2.05) is 6.92 Å². The average Bonchev–Trinajstić information content (AvgIpc) is 3.28. The molecule has 154 valence electrons. The predicted molar refractivity (Wildman–Crippen MR) is 123 cm³/mol. The number of nitrogens with zero attached hydrogens (tertiary/aromatic N) is 5. The topological polar surface area (TPSA) is 56.9 Å². The molecule has 3 heterocycles. The van der Waals surface area contributed by atoms with E-state index in [1.165, 1.54) is 17.0 Å². The van der Waals surface area contributed by atoms with Crippen molar-refractivity contribution in [2.75, 3.05) is 31.1 Å². The van der Waals surface area contributed by atoms with Gasteiger partial charge in [-0.3, -0.25) is 4.90 Å². The summed E-state index contributed by atoms with van der Waals surface area (Å²) < 4.78 is 2.60. The van der Waals surface area contributed by atoms with E-state index in [9.17, 15) is 5.11 Å². The average molecular weight is 484 g/mol. The Morgan fingerprint density at radius 2 is 1.70 bits per heavy atom. The standard InChI is InChI=1S/C22H22BrN5OS/c1-15-24-22-28(25-15)21(29)20(30-22)19(16-7-9-17(23)10-8-16)27-13-11-26(12-14-27)18-5-3-2-4-6-18/h2-10,19,29H,11-14H2,1H3/t19-/m0/s1. The number of aromatic nitrogens is 3. The summed E-state index contributed by atoms with van der Waals surface area (Å²) >= 11 is 5.05. The van der Waals surface area contributed by atoms with E-state index < -0.39 is 0 Å². The van der Waals surface area contributed by atoms with Crippen molar-refractivity contribution in [2.24, 2.45) is 0 Å². The molecule has 1 atom stereocenters. The number of fused-ring (bicyclic) bond motifs is 1. The minimum absolute atomic E-state index is 0.0372. The smallest absolute Gasteiger partial charge is 0.230 e. The quantitative estimate of drug-likeness (QED) is 0.463. The van der Waals surface area contributed by atoms with Crippen molar-refractivity contribution >= 4 is 37.9 Å². The highest BCUT2D eigenvalue weighted by molar-refractivity contribution is 9.10. The van der Waals surface area contributed by atoms with Gasteiger partial charge in [0.15, 0.2) is 0 Å². The second kappa shape index (κ2) is 8.02. The number of hydrogen-bond acceptors (Lipinski definition) is 6. The lowest BCUT2D eigenvalue weighted by Crippen LogP contribution is -2.47. The Morgan fingerprint density at radius 3 is 2.37 bits per heavy atom. The van der Waals surface area contributed by atoms with Crippen molar-refractivity contribution in [3.63, 3.8) is 0 Å². The van der Waals surface area contributed by atoms with Gasteiger partial charge < -0.3 is 10.0 Å². The molecular weight excluding hydrogens is 462 g/mol. The van der Waals surface area contributed by atoms with Crippen LogP contribution in [0, 0.1) is 6.92 Å². The van der Waals surface area contributed by atoms with E-state index >= 15 is 0 Å². The number of aromatic hydroxyl groups is 1. The van der Waals surface area contributed by atoms with E-state index in [-0.39, 0.29) is 11.9 Å². The van der Waals surface area contributed by atoms with Gasteiger partial charge in [-0.05, 0) is 36.8 Å². The van der Waals surface area contributed by atoms with Gasteiger partial charge in [0.2, 0.25) is 10.8 Å². The molecule has 1 aliphatic heterocycles. The highest BCUT2D eigenvalue weighted by atomic mass is 79.9. The first-order chi connectivity index (χ1) is 14.6. The van der Waals surface area contributed by atoms with Crippen LogP contribution in [0.4, 0.5) is 5.69 Å². The van der Waals surface area contributed by atoms with E-state index in [1.54, 1.807) is 4.52 Å². The largest absolute Gasteiger partial charge is 0.492 e. The van der Waals surface area contributed by atoms with Gasteiger partial charge in [-0.25, -0.2) is 4.98 Å². The van der Waals surface area contributed by atoms with Crippen LogP contribution in [-0.2, 0) is 0 Å². The van der Waals surface area contributed by atoms with Crippen LogP contribution < -0.4 is 4.90 Å². The van der Waals surface area contributed by atoms with Gasteiger partial charge in [0.05, 0.1) is 10.9 Å². The SMILES string of the molecule is Cc1nc2sc([C@H](c3ccc(Br)cc3)N3CCN(c4ccccc4)CC3)c(O)n2n1. The molecule has 0 unspecified atom stereocenters. The van der Waals surface area contributed by atoms with Crippen LogP contribution in [0.5, 0.6) is 5.88 Å². The predicted octanol–water partition coefficient (Wildman–Crippen LogP) is 4.48. The monoisotopic (exact) mass is 483 g/mol. The molecule has 6 nitrogen and oxygen atoms in total. The summed E-state index contributed by atoms with van der Waals surface area (Å²) in [6, 6.07) is 18.9. The molecule has 0 spiro atoms. The molecule has 4 aromatic rings. The number of benzene rings is 2. The molecule has 1 saturated heterocycles. The number of anilines is 1. The van der Waals surface area contributed by atoms with Gasteiger partial charge in [-0.1, -0.05) is 57.6 Å². The van der Waals surface area contributed by atoms with Crippen molar-refractivity contribution in [1.82, 2.24) is 19.5 Å². The number of halogens is 1. The lowest BCUT2D eigenvalue weighted by Gasteiger charge is -2.40. The van der Waals surface area contributed by atoms with Crippen molar-refractivity contribution in [3.8, 4) is 5.88 Å². The molecule has 0 aliphatic carbocycles. The van der Waals surface area contributed by atoms with Gasteiger partial charge in [0.25, 0.3) is 0 Å². The van der Waals surface area contributed by atoms with Gasteiger partial charge >= 0.3 is 0 Å². The van der Waals surface area contributed by atoms with Crippen molar-refractivity contribution in [1.29, 1.82) is 0 Å². The highest BCUT2D eigenvalue weighted by Crippen LogP contribution is 2.40. The van der Waals surface area contributed by atoms with Crippen LogP contribution in [0.25, 0.3) is 4.96 Å². The summed E-state index contributed by atoms with van der Waals surface area (Å²) in [6.45, 7) is 5.53. The maximum absolute atomic E-state index is 11.0. The normalized spacial score (nSPS) is 16.3. The maximum atomic E-state index is 11.0. The fourth-order valence-corrected chi connectivity index (χ4v) is 5.50. The molecule has 0 radical (unpaired) electrons. The van der Waals surface area contributed by atoms with E-state index in [2.05, 4.69) is 90.4 Å². The zero-order chi connectivity index (χ0) is 20.7. The van der Waals surface area contributed by atoms with Crippen LogP contribution in [0.2, 0.25) is 0 Å². The fraction of sp³-hybridized carbons (Fsp3) is 0.273. The van der Waals surface area contributed by atoms with Gasteiger partial charge in [-0.2, -0.15) is 4.52 Å². The van der Waals surface area contributed by atoms with Gasteiger partial charge in [0, 0.05) is 36.3 Å². The zero-order valence-corrected chi connectivity index (χ0v) is 19.0. The Labute approximate surface area is 187 Å². The van der Waals surface area contributed by atoms with E-state index in [4.69, 9.17) is 0 Å². The van der Waals surface area contributed by atoms with Crippen LogP contribution in [0.1, 0.15) is 22.3 Å².